The fraction of sp³-hybridized carbons (Fsp3) is 0.227. The second-order valence-corrected chi connectivity index (χ2v) is 6.25. The van der Waals surface area contributed by atoms with Crippen molar-refractivity contribution in [2.45, 2.75) is 6.92 Å². The fourth-order valence-electron chi connectivity index (χ4n) is 2.92. The molecule has 0 unspecified atom stereocenters. The molecule has 31 heavy (non-hydrogen) atoms. The first kappa shape index (κ1) is 21.7. The number of carbonyl (C=O) groups is 1. The van der Waals surface area contributed by atoms with Gasteiger partial charge in [-0.15, -0.1) is 0 Å². The molecule has 0 aliphatic carbocycles. The Balaban J connectivity index is 1.70. The van der Waals surface area contributed by atoms with Gasteiger partial charge in [0.05, 0.1) is 39.8 Å². The number of nitrogens with one attached hydrogen (secondary N) is 2. The first-order chi connectivity index (χ1) is 15.1. The minimum atomic E-state index is -0.430. The van der Waals surface area contributed by atoms with Crippen LogP contribution in [0.1, 0.15) is 23.0 Å². The predicted molar refractivity (Wildman–Crippen MR) is 116 cm³/mol. The summed E-state index contributed by atoms with van der Waals surface area (Å²) in [6.07, 6.45) is 1.46. The molecule has 2 N–H and O–H groups in total. The summed E-state index contributed by atoms with van der Waals surface area (Å²) in [7, 11) is 4.57. The van der Waals surface area contributed by atoms with Crippen LogP contribution in [0.4, 0.5) is 0 Å². The lowest BCUT2D eigenvalue weighted by atomic mass is 10.1. The van der Waals surface area contributed by atoms with Gasteiger partial charge in [0.2, 0.25) is 5.75 Å². The van der Waals surface area contributed by atoms with E-state index in [0.717, 1.165) is 11.3 Å². The van der Waals surface area contributed by atoms with Crippen molar-refractivity contribution in [3.8, 4) is 34.3 Å². The maximum Gasteiger partial charge on any atom is 0.289 e. The molecule has 0 atom stereocenters. The number of methoxy groups -OCH3 is 3. The molecule has 0 saturated heterocycles. The first-order valence-corrected chi connectivity index (χ1v) is 9.52. The van der Waals surface area contributed by atoms with Crippen LogP contribution < -0.4 is 24.4 Å². The van der Waals surface area contributed by atoms with Gasteiger partial charge in [0.25, 0.3) is 5.91 Å². The Hall–Kier alpha value is -4.01. The topological polar surface area (TPSA) is 107 Å². The van der Waals surface area contributed by atoms with Crippen LogP contribution in [0.25, 0.3) is 11.3 Å². The average molecular weight is 424 g/mol. The number of aromatic nitrogens is 2. The van der Waals surface area contributed by atoms with Gasteiger partial charge < -0.3 is 18.9 Å². The fourth-order valence-corrected chi connectivity index (χ4v) is 2.92. The Bertz CT molecular complexity index is 1060. The summed E-state index contributed by atoms with van der Waals surface area (Å²) in [5, 5.41) is 10.9. The zero-order chi connectivity index (χ0) is 22.2. The summed E-state index contributed by atoms with van der Waals surface area (Å²) in [5.41, 5.74) is 4.85. The SMILES string of the molecule is CCOc1ccc(-c2cc(C(=O)N/N=C\c3ccc(OC)c(OC)c3OC)[nH]n2)cc1. The third kappa shape index (κ3) is 4.95. The van der Waals surface area contributed by atoms with Crippen molar-refractivity contribution >= 4 is 12.1 Å². The van der Waals surface area contributed by atoms with Crippen molar-refractivity contribution in [1.29, 1.82) is 0 Å². The van der Waals surface area contributed by atoms with Crippen LogP contribution in [-0.2, 0) is 0 Å². The lowest BCUT2D eigenvalue weighted by molar-refractivity contribution is 0.0950. The standard InChI is InChI=1S/C22H24N4O5/c1-5-31-16-9-6-14(7-10-16)17-12-18(25-24-17)22(27)26-23-13-15-8-11-19(28-2)21(30-4)20(15)29-3/h6-13H,5H2,1-4H3,(H,24,25)(H,26,27)/b23-13-. The quantitative estimate of drug-likeness (QED) is 0.403. The van der Waals surface area contributed by atoms with Gasteiger partial charge in [0, 0.05) is 11.1 Å². The number of benzene rings is 2. The number of hydrogen-bond donors (Lipinski definition) is 2. The number of carbonyl (C=O) groups excluding carboxylic acids is 1. The molecule has 0 bridgehead atoms. The van der Waals surface area contributed by atoms with Gasteiger partial charge in [0.15, 0.2) is 11.5 Å². The van der Waals surface area contributed by atoms with Crippen molar-refractivity contribution in [3.05, 3.63) is 53.7 Å². The van der Waals surface area contributed by atoms with Crippen molar-refractivity contribution in [2.24, 2.45) is 5.10 Å². The maximum absolute atomic E-state index is 12.4. The smallest absolute Gasteiger partial charge is 0.289 e. The molecule has 0 spiro atoms. The van der Waals surface area contributed by atoms with Crippen LogP contribution in [0, 0.1) is 0 Å². The van der Waals surface area contributed by atoms with Crippen molar-refractivity contribution in [3.63, 3.8) is 0 Å². The summed E-state index contributed by atoms with van der Waals surface area (Å²) in [4.78, 5) is 12.4. The Morgan fingerprint density at radius 2 is 1.81 bits per heavy atom. The molecule has 2 aromatic carbocycles. The molecule has 3 aromatic rings. The number of rotatable bonds is 9. The van der Waals surface area contributed by atoms with Gasteiger partial charge in [-0.05, 0) is 49.4 Å². The number of amides is 1. The van der Waals surface area contributed by atoms with Gasteiger partial charge in [0.1, 0.15) is 11.4 Å². The van der Waals surface area contributed by atoms with Crippen LogP contribution in [0.15, 0.2) is 47.6 Å². The van der Waals surface area contributed by atoms with E-state index in [-0.39, 0.29) is 5.69 Å². The molecule has 1 heterocycles. The maximum atomic E-state index is 12.4. The van der Waals surface area contributed by atoms with Crippen molar-refractivity contribution in [1.82, 2.24) is 15.6 Å². The molecule has 1 aromatic heterocycles. The van der Waals surface area contributed by atoms with E-state index < -0.39 is 5.91 Å². The molecule has 9 nitrogen and oxygen atoms in total. The molecule has 0 aliphatic heterocycles. The Kier molecular flexibility index (Phi) is 7.10. The van der Waals surface area contributed by atoms with Gasteiger partial charge in [-0.1, -0.05) is 0 Å². The molecule has 0 fully saturated rings. The van der Waals surface area contributed by atoms with Gasteiger partial charge in [-0.2, -0.15) is 10.2 Å². The van der Waals surface area contributed by atoms with Gasteiger partial charge >= 0.3 is 0 Å². The number of nitrogens with zero attached hydrogens (tertiary/aromatic N) is 2. The highest BCUT2D eigenvalue weighted by Gasteiger charge is 2.15. The molecule has 1 amide bonds. The van der Waals surface area contributed by atoms with Crippen molar-refractivity contribution < 1.29 is 23.7 Å². The lowest BCUT2D eigenvalue weighted by Gasteiger charge is -2.13. The van der Waals surface area contributed by atoms with Crippen LogP contribution in [0.2, 0.25) is 0 Å². The number of hydrogen-bond acceptors (Lipinski definition) is 7. The normalized spacial score (nSPS) is 10.7. The molecule has 0 radical (unpaired) electrons. The van der Waals surface area contributed by atoms with Gasteiger partial charge in [-0.25, -0.2) is 5.43 Å². The molecule has 3 rings (SSSR count). The van der Waals surface area contributed by atoms with Crippen LogP contribution in [-0.4, -0.2) is 50.3 Å². The number of hydrazone groups is 1. The van der Waals surface area contributed by atoms with E-state index in [4.69, 9.17) is 18.9 Å². The minimum absolute atomic E-state index is 0.278. The zero-order valence-corrected chi connectivity index (χ0v) is 17.8. The summed E-state index contributed by atoms with van der Waals surface area (Å²) in [6, 6.07) is 12.6. The second-order valence-electron chi connectivity index (χ2n) is 6.25. The highest BCUT2D eigenvalue weighted by Crippen LogP contribution is 2.38. The van der Waals surface area contributed by atoms with Crippen LogP contribution in [0.3, 0.4) is 0 Å². The van der Waals surface area contributed by atoms with Crippen LogP contribution >= 0.6 is 0 Å². The third-order valence-corrected chi connectivity index (χ3v) is 4.39. The molecule has 9 heteroatoms. The largest absolute Gasteiger partial charge is 0.494 e. The number of aromatic amines is 1. The molecule has 0 aliphatic rings. The highest BCUT2D eigenvalue weighted by molar-refractivity contribution is 5.94. The molecular weight excluding hydrogens is 400 g/mol. The van der Waals surface area contributed by atoms with E-state index in [1.165, 1.54) is 27.5 Å². The van der Waals surface area contributed by atoms with E-state index >= 15 is 0 Å². The Morgan fingerprint density at radius 3 is 2.45 bits per heavy atom. The van der Waals surface area contributed by atoms with E-state index in [9.17, 15) is 4.79 Å². The monoisotopic (exact) mass is 424 g/mol. The lowest BCUT2D eigenvalue weighted by Crippen LogP contribution is -2.18. The summed E-state index contributed by atoms with van der Waals surface area (Å²) >= 11 is 0. The zero-order valence-electron chi connectivity index (χ0n) is 17.8. The third-order valence-electron chi connectivity index (χ3n) is 4.39. The average Bonchev–Trinajstić information content (AvgIpc) is 3.29. The second kappa shape index (κ2) is 10.1. The number of ether oxygens (including phenoxy) is 4. The summed E-state index contributed by atoms with van der Waals surface area (Å²) in [6.45, 7) is 2.53. The highest BCUT2D eigenvalue weighted by atomic mass is 16.5. The molecule has 162 valence electrons. The number of H-pyrrole nitrogens is 1. The molecule has 0 saturated carbocycles. The minimum Gasteiger partial charge on any atom is -0.494 e. The van der Waals surface area contributed by atoms with E-state index in [1.807, 2.05) is 31.2 Å². The van der Waals surface area contributed by atoms with Crippen LogP contribution in [0.5, 0.6) is 23.0 Å². The summed E-state index contributed by atoms with van der Waals surface area (Å²) in [5.74, 6) is 1.76. The Morgan fingerprint density at radius 1 is 1.06 bits per heavy atom. The van der Waals surface area contributed by atoms with E-state index in [2.05, 4.69) is 20.7 Å². The molecular formula is C22H24N4O5. The predicted octanol–water partition coefficient (Wildman–Crippen LogP) is 3.27. The Labute approximate surface area is 180 Å². The van der Waals surface area contributed by atoms with Gasteiger partial charge in [-0.3, -0.25) is 9.89 Å². The van der Waals surface area contributed by atoms with E-state index in [0.29, 0.717) is 35.1 Å². The van der Waals surface area contributed by atoms with E-state index in [1.54, 1.807) is 18.2 Å². The van der Waals surface area contributed by atoms with Crippen molar-refractivity contribution in [2.75, 3.05) is 27.9 Å². The summed E-state index contributed by atoms with van der Waals surface area (Å²) < 4.78 is 21.4. The first-order valence-electron chi connectivity index (χ1n) is 9.52.